The molecule has 0 aliphatic carbocycles. The minimum atomic E-state index is -1.53. The van der Waals surface area contributed by atoms with Crippen LogP contribution in [0.4, 0.5) is 17.6 Å². The third kappa shape index (κ3) is 6.19. The number of nitrogens with zero attached hydrogens (tertiary/aromatic N) is 2. The molecular weight excluding hydrogens is 504 g/mol. The van der Waals surface area contributed by atoms with Crippen LogP contribution < -0.4 is 9.47 Å². The van der Waals surface area contributed by atoms with Gasteiger partial charge in [-0.1, -0.05) is 0 Å². The lowest BCUT2D eigenvalue weighted by molar-refractivity contribution is 0.0265. The number of hydrogen-bond acceptors (Lipinski definition) is 6. The first-order valence-corrected chi connectivity index (χ1v) is 12.6. The number of pyridine rings is 1. The summed E-state index contributed by atoms with van der Waals surface area (Å²) in [4.78, 5) is 6.42. The van der Waals surface area contributed by atoms with Gasteiger partial charge in [0.25, 0.3) is 0 Å². The van der Waals surface area contributed by atoms with Crippen LogP contribution in [0, 0.1) is 22.9 Å². The van der Waals surface area contributed by atoms with Crippen molar-refractivity contribution in [3.05, 3.63) is 65.1 Å². The Kier molecular flexibility index (Phi) is 9.07. The Hall–Kier alpha value is -2.95. The molecule has 1 aromatic heterocycles. The van der Waals surface area contributed by atoms with Crippen molar-refractivity contribution in [2.24, 2.45) is 5.41 Å². The van der Waals surface area contributed by atoms with Gasteiger partial charge in [0.05, 0.1) is 19.2 Å². The molecule has 10 heteroatoms. The van der Waals surface area contributed by atoms with Gasteiger partial charge in [0.2, 0.25) is 0 Å². The molecule has 3 aromatic rings. The summed E-state index contributed by atoms with van der Waals surface area (Å²) in [7, 11) is 1.53. The Morgan fingerprint density at radius 1 is 1.05 bits per heavy atom. The number of hydrogen-bond donors (Lipinski definition) is 2. The molecule has 0 bridgehead atoms. The van der Waals surface area contributed by atoms with Crippen molar-refractivity contribution < 1.29 is 37.2 Å². The van der Waals surface area contributed by atoms with Crippen LogP contribution in [-0.2, 0) is 6.61 Å². The number of likely N-dealkylation sites (tertiary alicyclic amines) is 1. The smallest absolute Gasteiger partial charge is 0.194 e. The number of ether oxygens (including phenoxy) is 2. The molecule has 0 saturated carbocycles. The second-order valence-corrected chi connectivity index (χ2v) is 9.79. The van der Waals surface area contributed by atoms with E-state index in [-0.39, 0.29) is 32.0 Å². The van der Waals surface area contributed by atoms with Crippen molar-refractivity contribution in [3.63, 3.8) is 0 Å². The van der Waals surface area contributed by atoms with E-state index in [1.807, 2.05) is 0 Å². The predicted octanol–water partition coefficient (Wildman–Crippen LogP) is 5.10. The Labute approximate surface area is 218 Å². The Morgan fingerprint density at radius 2 is 1.76 bits per heavy atom. The molecule has 0 radical (unpaired) electrons. The molecule has 206 valence electrons. The van der Waals surface area contributed by atoms with Gasteiger partial charge in [-0.15, -0.1) is 0 Å². The maximum atomic E-state index is 15.7. The number of rotatable bonds is 11. The summed E-state index contributed by atoms with van der Waals surface area (Å²) in [5.41, 5.74) is 0.990. The van der Waals surface area contributed by atoms with Crippen molar-refractivity contribution in [1.29, 1.82) is 0 Å². The fourth-order valence-electron chi connectivity index (χ4n) is 5.08. The lowest BCUT2D eigenvalue weighted by atomic mass is 9.74. The Balaban J connectivity index is 1.34. The third-order valence-electron chi connectivity index (χ3n) is 7.50. The van der Waals surface area contributed by atoms with Crippen molar-refractivity contribution in [1.82, 2.24) is 9.88 Å². The zero-order chi connectivity index (χ0) is 27.3. The number of fused-ring (bicyclic) bond motifs is 1. The maximum absolute atomic E-state index is 15.7. The van der Waals surface area contributed by atoms with E-state index in [9.17, 15) is 23.4 Å². The maximum Gasteiger partial charge on any atom is 0.194 e. The Morgan fingerprint density at radius 3 is 2.39 bits per heavy atom. The molecular formula is C28H32F4N2O4. The first kappa shape index (κ1) is 28.1. The van der Waals surface area contributed by atoms with E-state index in [0.717, 1.165) is 12.1 Å². The average molecular weight is 537 g/mol. The quantitative estimate of drug-likeness (QED) is 0.263. The number of methoxy groups -OCH3 is 1. The van der Waals surface area contributed by atoms with Crippen molar-refractivity contribution in [2.75, 3.05) is 40.0 Å². The predicted molar refractivity (Wildman–Crippen MR) is 134 cm³/mol. The van der Waals surface area contributed by atoms with Gasteiger partial charge in [0.15, 0.2) is 17.5 Å². The lowest BCUT2D eigenvalue weighted by Gasteiger charge is -2.41. The van der Waals surface area contributed by atoms with E-state index in [4.69, 9.17) is 9.47 Å². The van der Waals surface area contributed by atoms with Gasteiger partial charge in [-0.2, -0.15) is 0 Å². The second-order valence-electron chi connectivity index (χ2n) is 9.79. The summed E-state index contributed by atoms with van der Waals surface area (Å²) in [6.07, 6.45) is 2.06. The number of aliphatic hydroxyl groups is 2. The SMILES string of the molecule is COc1ccc2ncc(CO)c([C@H](F)CCC3(CO)CCN(CCOc4cc(F)c(F)c(F)c4)CC3)c2c1. The van der Waals surface area contributed by atoms with Gasteiger partial charge in [-0.3, -0.25) is 9.88 Å². The van der Waals surface area contributed by atoms with E-state index >= 15 is 4.39 Å². The van der Waals surface area contributed by atoms with Crippen LogP contribution >= 0.6 is 0 Å². The number of aliphatic hydroxyl groups excluding tert-OH is 2. The molecule has 0 amide bonds. The number of alkyl halides is 1. The highest BCUT2D eigenvalue weighted by molar-refractivity contribution is 5.85. The molecule has 2 heterocycles. The van der Waals surface area contributed by atoms with E-state index < -0.39 is 29.0 Å². The van der Waals surface area contributed by atoms with Crippen LogP contribution in [-0.4, -0.2) is 60.1 Å². The van der Waals surface area contributed by atoms with Gasteiger partial charge in [0, 0.05) is 48.0 Å². The minimum Gasteiger partial charge on any atom is -0.497 e. The Bertz CT molecular complexity index is 1220. The summed E-state index contributed by atoms with van der Waals surface area (Å²) in [5, 5.41) is 20.6. The molecule has 1 aliphatic heterocycles. The average Bonchev–Trinajstić information content (AvgIpc) is 2.94. The van der Waals surface area contributed by atoms with Gasteiger partial charge in [-0.05, 0) is 62.4 Å². The molecule has 1 aliphatic rings. The highest BCUT2D eigenvalue weighted by atomic mass is 19.2. The monoisotopic (exact) mass is 536 g/mol. The van der Waals surface area contributed by atoms with Gasteiger partial charge in [-0.25, -0.2) is 17.6 Å². The first-order chi connectivity index (χ1) is 18.3. The summed E-state index contributed by atoms with van der Waals surface area (Å²) < 4.78 is 66.2. The number of aromatic nitrogens is 1. The summed E-state index contributed by atoms with van der Waals surface area (Å²) in [5.74, 6) is -3.65. The molecule has 1 saturated heterocycles. The first-order valence-electron chi connectivity index (χ1n) is 12.6. The van der Waals surface area contributed by atoms with Crippen LogP contribution in [0.25, 0.3) is 10.9 Å². The topological polar surface area (TPSA) is 75.0 Å². The number of piperidine rings is 1. The minimum absolute atomic E-state index is 0.0734. The molecule has 0 spiro atoms. The highest BCUT2D eigenvalue weighted by Crippen LogP contribution is 2.41. The summed E-state index contributed by atoms with van der Waals surface area (Å²) in [6, 6.07) is 6.84. The van der Waals surface area contributed by atoms with E-state index in [0.29, 0.717) is 66.7 Å². The normalized spacial score (nSPS) is 16.5. The van der Waals surface area contributed by atoms with Crippen LogP contribution in [0.5, 0.6) is 11.5 Å². The summed E-state index contributed by atoms with van der Waals surface area (Å²) >= 11 is 0. The van der Waals surface area contributed by atoms with Gasteiger partial charge >= 0.3 is 0 Å². The zero-order valence-electron chi connectivity index (χ0n) is 21.2. The largest absolute Gasteiger partial charge is 0.497 e. The van der Waals surface area contributed by atoms with E-state index in [2.05, 4.69) is 9.88 Å². The van der Waals surface area contributed by atoms with Crippen LogP contribution in [0.15, 0.2) is 36.5 Å². The standard InChI is InChI=1S/C28H32F4N2O4/c1-37-19-2-3-25-21(12-19)26(18(16-35)15-33-25)22(29)4-5-28(17-36)6-8-34(9-7-28)10-11-38-20-13-23(30)27(32)24(31)14-20/h2-3,12-15,22,35-36H,4-11,16-17H2,1H3/t22-/m1/s1. The molecule has 38 heavy (non-hydrogen) atoms. The number of halogens is 4. The van der Waals surface area contributed by atoms with Crippen LogP contribution in [0.2, 0.25) is 0 Å². The molecule has 6 nitrogen and oxygen atoms in total. The zero-order valence-corrected chi connectivity index (χ0v) is 21.2. The summed E-state index contributed by atoms with van der Waals surface area (Å²) in [6.45, 7) is 1.52. The van der Waals surface area contributed by atoms with Crippen molar-refractivity contribution >= 4 is 10.9 Å². The van der Waals surface area contributed by atoms with Gasteiger partial charge < -0.3 is 19.7 Å². The van der Waals surface area contributed by atoms with Crippen LogP contribution in [0.3, 0.4) is 0 Å². The fourth-order valence-corrected chi connectivity index (χ4v) is 5.08. The third-order valence-corrected chi connectivity index (χ3v) is 7.50. The molecule has 0 unspecified atom stereocenters. The van der Waals surface area contributed by atoms with E-state index in [1.54, 1.807) is 18.2 Å². The highest BCUT2D eigenvalue weighted by Gasteiger charge is 2.35. The lowest BCUT2D eigenvalue weighted by Crippen LogP contribution is -2.43. The molecule has 1 atom stereocenters. The molecule has 2 N–H and O–H groups in total. The number of benzene rings is 2. The van der Waals surface area contributed by atoms with Crippen molar-refractivity contribution in [2.45, 2.75) is 38.5 Å². The van der Waals surface area contributed by atoms with Crippen LogP contribution in [0.1, 0.15) is 43.0 Å². The molecule has 2 aromatic carbocycles. The fraction of sp³-hybridized carbons (Fsp3) is 0.464. The molecule has 4 rings (SSSR count). The van der Waals surface area contributed by atoms with Crippen molar-refractivity contribution in [3.8, 4) is 11.5 Å². The second kappa shape index (κ2) is 12.3. The molecule has 1 fully saturated rings. The van der Waals surface area contributed by atoms with Gasteiger partial charge in [0.1, 0.15) is 24.3 Å². The van der Waals surface area contributed by atoms with E-state index in [1.165, 1.54) is 13.3 Å².